The molecule has 0 radical (unpaired) electrons. The number of carbonyl (C=O) groups excluding carboxylic acids is 2. The summed E-state index contributed by atoms with van der Waals surface area (Å²) in [7, 11) is 1.58. The highest BCUT2D eigenvalue weighted by molar-refractivity contribution is 6.11. The van der Waals surface area contributed by atoms with Crippen molar-refractivity contribution in [2.75, 3.05) is 12.4 Å². The van der Waals surface area contributed by atoms with Crippen LogP contribution in [0.4, 0.5) is 5.69 Å². The van der Waals surface area contributed by atoms with E-state index >= 15 is 0 Å². The predicted molar refractivity (Wildman–Crippen MR) is 119 cm³/mol. The first-order valence-electron chi connectivity index (χ1n) is 9.83. The summed E-state index contributed by atoms with van der Waals surface area (Å²) in [6.07, 6.45) is 0. The number of benzene rings is 3. The number of amides is 2. The smallest absolute Gasteiger partial charge is 0.259 e. The number of nitrogens with zero attached hydrogens (tertiary/aromatic N) is 1. The van der Waals surface area contributed by atoms with E-state index in [1.54, 1.807) is 50.4 Å². The quantitative estimate of drug-likeness (QED) is 0.620. The molecule has 156 valence electrons. The van der Waals surface area contributed by atoms with Crippen LogP contribution < -0.4 is 14.8 Å². The molecule has 3 aromatic carbocycles. The average molecular weight is 414 g/mol. The van der Waals surface area contributed by atoms with Crippen molar-refractivity contribution < 1.29 is 19.1 Å². The molecule has 1 atom stereocenters. The Bertz CT molecular complexity index is 1120. The van der Waals surface area contributed by atoms with E-state index in [0.29, 0.717) is 34.2 Å². The zero-order chi connectivity index (χ0) is 22.0. The monoisotopic (exact) mass is 414 g/mol. The molecular weight excluding hydrogens is 392 g/mol. The number of rotatable bonds is 6. The summed E-state index contributed by atoms with van der Waals surface area (Å²) < 4.78 is 11.1. The van der Waals surface area contributed by atoms with Crippen LogP contribution in [-0.2, 0) is 4.79 Å². The SMILES string of the molecule is C=C1c2ccccc2C(=O)N1C(C)C(=O)Nc1ccc(Oc2ccccc2OC)cc1. The average Bonchev–Trinajstić information content (AvgIpc) is 3.05. The minimum Gasteiger partial charge on any atom is -0.493 e. The number of nitrogens with one attached hydrogen (secondary N) is 1. The number of hydrogen-bond acceptors (Lipinski definition) is 4. The van der Waals surface area contributed by atoms with Crippen LogP contribution in [0.3, 0.4) is 0 Å². The van der Waals surface area contributed by atoms with Crippen molar-refractivity contribution in [1.82, 2.24) is 4.90 Å². The normalized spacial score (nSPS) is 13.5. The van der Waals surface area contributed by atoms with Crippen molar-refractivity contribution in [1.29, 1.82) is 0 Å². The molecule has 0 spiro atoms. The van der Waals surface area contributed by atoms with Crippen LogP contribution in [-0.4, -0.2) is 29.9 Å². The fraction of sp³-hybridized carbons (Fsp3) is 0.120. The number of fused-ring (bicyclic) bond motifs is 1. The fourth-order valence-electron chi connectivity index (χ4n) is 3.51. The van der Waals surface area contributed by atoms with E-state index in [-0.39, 0.29) is 11.8 Å². The van der Waals surface area contributed by atoms with Gasteiger partial charge in [0.25, 0.3) is 5.91 Å². The lowest BCUT2D eigenvalue weighted by Gasteiger charge is -2.24. The molecule has 6 heteroatoms. The van der Waals surface area contributed by atoms with Gasteiger partial charge in [0.05, 0.1) is 7.11 Å². The second-order valence-corrected chi connectivity index (χ2v) is 7.11. The van der Waals surface area contributed by atoms with E-state index in [4.69, 9.17) is 9.47 Å². The maximum Gasteiger partial charge on any atom is 0.259 e. The molecule has 2 amide bonds. The minimum absolute atomic E-state index is 0.219. The Morgan fingerprint density at radius 2 is 1.55 bits per heavy atom. The van der Waals surface area contributed by atoms with Gasteiger partial charge >= 0.3 is 0 Å². The van der Waals surface area contributed by atoms with Crippen molar-refractivity contribution in [2.45, 2.75) is 13.0 Å². The molecule has 6 nitrogen and oxygen atoms in total. The number of carbonyl (C=O) groups is 2. The van der Waals surface area contributed by atoms with Crippen molar-refractivity contribution >= 4 is 23.2 Å². The Morgan fingerprint density at radius 1 is 0.935 bits per heavy atom. The topological polar surface area (TPSA) is 67.9 Å². The molecule has 0 saturated heterocycles. The lowest BCUT2D eigenvalue weighted by molar-refractivity contribution is -0.119. The second kappa shape index (κ2) is 8.36. The van der Waals surface area contributed by atoms with Crippen molar-refractivity contribution in [3.63, 3.8) is 0 Å². The largest absolute Gasteiger partial charge is 0.493 e. The molecule has 1 aliphatic rings. The van der Waals surface area contributed by atoms with Gasteiger partial charge in [-0.05, 0) is 49.4 Å². The maximum absolute atomic E-state index is 12.8. The molecule has 0 fully saturated rings. The summed E-state index contributed by atoms with van der Waals surface area (Å²) in [5, 5.41) is 2.85. The van der Waals surface area contributed by atoms with Crippen LogP contribution in [0, 0.1) is 0 Å². The first kappa shape index (κ1) is 20.2. The van der Waals surface area contributed by atoms with Gasteiger partial charge in [0.15, 0.2) is 11.5 Å². The van der Waals surface area contributed by atoms with Crippen molar-refractivity contribution in [3.8, 4) is 17.2 Å². The molecule has 0 aliphatic carbocycles. The summed E-state index contributed by atoms with van der Waals surface area (Å²) >= 11 is 0. The van der Waals surface area contributed by atoms with Gasteiger partial charge in [-0.2, -0.15) is 0 Å². The zero-order valence-corrected chi connectivity index (χ0v) is 17.3. The van der Waals surface area contributed by atoms with Gasteiger partial charge in [0, 0.05) is 22.5 Å². The number of methoxy groups -OCH3 is 1. The molecule has 31 heavy (non-hydrogen) atoms. The second-order valence-electron chi connectivity index (χ2n) is 7.11. The number of anilines is 1. The lowest BCUT2D eigenvalue weighted by atomic mass is 10.1. The maximum atomic E-state index is 12.8. The van der Waals surface area contributed by atoms with Crippen LogP contribution in [0.1, 0.15) is 22.8 Å². The number of hydrogen-bond donors (Lipinski definition) is 1. The molecular formula is C25H22N2O4. The van der Waals surface area contributed by atoms with Gasteiger partial charge in [-0.3, -0.25) is 14.5 Å². The minimum atomic E-state index is -0.711. The Balaban J connectivity index is 1.43. The van der Waals surface area contributed by atoms with Gasteiger partial charge in [0.2, 0.25) is 5.91 Å². The number of ether oxygens (including phenoxy) is 2. The molecule has 4 rings (SSSR count). The number of para-hydroxylation sites is 2. The van der Waals surface area contributed by atoms with Crippen LogP contribution in [0.25, 0.3) is 5.70 Å². The predicted octanol–water partition coefficient (Wildman–Crippen LogP) is 4.94. The summed E-state index contributed by atoms with van der Waals surface area (Å²) in [4.78, 5) is 27.0. The van der Waals surface area contributed by atoms with Gasteiger partial charge in [-0.1, -0.05) is 36.9 Å². The third-order valence-corrected chi connectivity index (χ3v) is 5.16. The van der Waals surface area contributed by atoms with E-state index in [1.807, 2.05) is 36.4 Å². The molecule has 3 aromatic rings. The summed E-state index contributed by atoms with van der Waals surface area (Å²) in [5.41, 5.74) is 2.44. The van der Waals surface area contributed by atoms with Crippen LogP contribution in [0.5, 0.6) is 17.2 Å². The molecule has 0 aromatic heterocycles. The Labute approximate surface area is 180 Å². The van der Waals surface area contributed by atoms with E-state index in [1.165, 1.54) is 4.90 Å². The van der Waals surface area contributed by atoms with Crippen molar-refractivity contribution in [2.24, 2.45) is 0 Å². The van der Waals surface area contributed by atoms with Crippen LogP contribution >= 0.6 is 0 Å². The summed E-state index contributed by atoms with van der Waals surface area (Å²) in [6.45, 7) is 5.69. The summed E-state index contributed by atoms with van der Waals surface area (Å²) in [5.74, 6) is 1.31. The first-order chi connectivity index (χ1) is 15.0. The van der Waals surface area contributed by atoms with Crippen LogP contribution in [0.15, 0.2) is 79.4 Å². The molecule has 1 aliphatic heterocycles. The summed E-state index contributed by atoms with van der Waals surface area (Å²) in [6, 6.07) is 20.9. The molecule has 1 N–H and O–H groups in total. The fourth-order valence-corrected chi connectivity index (χ4v) is 3.51. The van der Waals surface area contributed by atoms with Gasteiger partial charge in [-0.25, -0.2) is 0 Å². The standard InChI is InChI=1S/C25H22N2O4/c1-16-20-8-4-5-9-21(20)25(29)27(16)17(2)24(28)26-18-12-14-19(15-13-18)31-23-11-7-6-10-22(23)30-3/h4-15,17H,1H2,2-3H3,(H,26,28). The Morgan fingerprint density at radius 3 is 2.19 bits per heavy atom. The molecule has 1 heterocycles. The Kier molecular flexibility index (Phi) is 5.45. The van der Waals surface area contributed by atoms with Gasteiger partial charge in [-0.15, -0.1) is 0 Å². The van der Waals surface area contributed by atoms with E-state index in [2.05, 4.69) is 11.9 Å². The zero-order valence-electron chi connectivity index (χ0n) is 17.3. The third-order valence-electron chi connectivity index (χ3n) is 5.16. The molecule has 0 saturated carbocycles. The molecule has 0 bridgehead atoms. The lowest BCUT2D eigenvalue weighted by Crippen LogP contribution is -2.41. The van der Waals surface area contributed by atoms with E-state index in [0.717, 1.165) is 5.56 Å². The van der Waals surface area contributed by atoms with E-state index in [9.17, 15) is 9.59 Å². The highest BCUT2D eigenvalue weighted by Gasteiger charge is 2.36. The van der Waals surface area contributed by atoms with Crippen molar-refractivity contribution in [3.05, 3.63) is 90.5 Å². The first-order valence-corrected chi connectivity index (χ1v) is 9.83. The molecule has 1 unspecified atom stereocenters. The third kappa shape index (κ3) is 3.88. The highest BCUT2D eigenvalue weighted by Crippen LogP contribution is 2.34. The highest BCUT2D eigenvalue weighted by atomic mass is 16.5. The van der Waals surface area contributed by atoms with Crippen LogP contribution in [0.2, 0.25) is 0 Å². The Hall–Kier alpha value is -4.06. The van der Waals surface area contributed by atoms with E-state index < -0.39 is 6.04 Å². The van der Waals surface area contributed by atoms with Gasteiger partial charge in [0.1, 0.15) is 11.8 Å². The van der Waals surface area contributed by atoms with Gasteiger partial charge < -0.3 is 14.8 Å².